The van der Waals surface area contributed by atoms with Crippen LogP contribution in [-0.2, 0) is 9.59 Å². The monoisotopic (exact) mass is 316 g/mol. The maximum atomic E-state index is 12.2. The Morgan fingerprint density at radius 3 is 2.80 bits per heavy atom. The molecule has 1 N–H and O–H groups in total. The van der Waals surface area contributed by atoms with Gasteiger partial charge in [-0.05, 0) is 19.1 Å². The highest BCUT2D eigenvalue weighted by Gasteiger charge is 2.26. The van der Waals surface area contributed by atoms with Crippen LogP contribution in [0.3, 0.4) is 0 Å². The van der Waals surface area contributed by atoms with Gasteiger partial charge in [-0.15, -0.1) is 0 Å². The van der Waals surface area contributed by atoms with E-state index in [0.29, 0.717) is 28.9 Å². The van der Waals surface area contributed by atoms with Crippen LogP contribution in [0.4, 0.5) is 0 Å². The Morgan fingerprint density at radius 1 is 1.40 bits per heavy atom. The molecule has 108 valence electrons. The zero-order chi connectivity index (χ0) is 14.7. The molecule has 1 aliphatic rings. The highest BCUT2D eigenvalue weighted by molar-refractivity contribution is 6.42. The number of nitrogens with one attached hydrogen (secondary N) is 1. The van der Waals surface area contributed by atoms with Crippen molar-refractivity contribution in [1.82, 2.24) is 10.2 Å². The molecule has 1 saturated heterocycles. The second-order valence-corrected chi connectivity index (χ2v) is 5.26. The fourth-order valence-electron chi connectivity index (χ4n) is 1.89. The molecular weight excluding hydrogens is 303 g/mol. The van der Waals surface area contributed by atoms with E-state index in [1.54, 1.807) is 25.1 Å². The minimum atomic E-state index is -0.696. The van der Waals surface area contributed by atoms with Crippen molar-refractivity contribution < 1.29 is 14.3 Å². The highest BCUT2D eigenvalue weighted by Crippen LogP contribution is 2.27. The Balaban J connectivity index is 1.99. The van der Waals surface area contributed by atoms with Crippen LogP contribution in [0, 0.1) is 0 Å². The lowest BCUT2D eigenvalue weighted by molar-refractivity contribution is -0.143. The molecule has 0 spiro atoms. The van der Waals surface area contributed by atoms with Gasteiger partial charge in [0.05, 0.1) is 16.6 Å². The molecule has 0 aliphatic carbocycles. The standard InChI is InChI=1S/C13H14Cl2N2O3/c1-8(13(19)17-5-4-16-12(18)7-17)20-9-2-3-10(14)11(15)6-9/h2-3,6,8H,4-5,7H2,1H3,(H,16,18). The summed E-state index contributed by atoms with van der Waals surface area (Å²) in [5, 5.41) is 3.45. The van der Waals surface area contributed by atoms with E-state index >= 15 is 0 Å². The fourth-order valence-corrected chi connectivity index (χ4v) is 2.18. The molecule has 1 aromatic rings. The summed E-state index contributed by atoms with van der Waals surface area (Å²) >= 11 is 11.7. The number of ether oxygens (including phenoxy) is 1. The fraction of sp³-hybridized carbons (Fsp3) is 0.385. The number of rotatable bonds is 3. The molecule has 5 nitrogen and oxygen atoms in total. The number of nitrogens with zero attached hydrogens (tertiary/aromatic N) is 1. The second-order valence-electron chi connectivity index (χ2n) is 4.45. The number of amides is 2. The lowest BCUT2D eigenvalue weighted by Crippen LogP contribution is -2.53. The molecule has 1 atom stereocenters. The minimum Gasteiger partial charge on any atom is -0.481 e. The first-order valence-corrected chi connectivity index (χ1v) is 6.90. The summed E-state index contributed by atoms with van der Waals surface area (Å²) in [5.41, 5.74) is 0. The molecule has 2 rings (SSSR count). The smallest absolute Gasteiger partial charge is 0.263 e. The third-order valence-corrected chi connectivity index (χ3v) is 3.64. The average molecular weight is 317 g/mol. The lowest BCUT2D eigenvalue weighted by atomic mass is 10.2. The summed E-state index contributed by atoms with van der Waals surface area (Å²) in [7, 11) is 0. The van der Waals surface area contributed by atoms with Crippen molar-refractivity contribution in [3.05, 3.63) is 28.2 Å². The van der Waals surface area contributed by atoms with Gasteiger partial charge in [-0.2, -0.15) is 0 Å². The molecular formula is C13H14Cl2N2O3. The van der Waals surface area contributed by atoms with E-state index in [1.807, 2.05) is 0 Å². The number of hydrogen-bond donors (Lipinski definition) is 1. The van der Waals surface area contributed by atoms with Gasteiger partial charge in [0.2, 0.25) is 5.91 Å². The highest BCUT2D eigenvalue weighted by atomic mass is 35.5. The maximum Gasteiger partial charge on any atom is 0.263 e. The van der Waals surface area contributed by atoms with Crippen LogP contribution < -0.4 is 10.1 Å². The molecule has 1 aliphatic heterocycles. The zero-order valence-electron chi connectivity index (χ0n) is 10.9. The summed E-state index contributed by atoms with van der Waals surface area (Å²) < 4.78 is 5.53. The van der Waals surface area contributed by atoms with Gasteiger partial charge in [-0.3, -0.25) is 9.59 Å². The Morgan fingerprint density at radius 2 is 2.15 bits per heavy atom. The SMILES string of the molecule is CC(Oc1ccc(Cl)c(Cl)c1)C(=O)N1CCNC(=O)C1. The quantitative estimate of drug-likeness (QED) is 0.923. The van der Waals surface area contributed by atoms with E-state index in [2.05, 4.69) is 5.32 Å². The Labute approximate surface area is 126 Å². The predicted octanol–water partition coefficient (Wildman–Crippen LogP) is 1.72. The predicted molar refractivity (Wildman–Crippen MR) is 76.1 cm³/mol. The minimum absolute atomic E-state index is 0.0634. The third kappa shape index (κ3) is 3.55. The molecule has 2 amide bonds. The number of carbonyl (C=O) groups excluding carboxylic acids is 2. The summed E-state index contributed by atoms with van der Waals surface area (Å²) in [6.45, 7) is 2.65. The molecule has 1 aromatic carbocycles. The van der Waals surface area contributed by atoms with Crippen molar-refractivity contribution in [3.8, 4) is 5.75 Å². The first kappa shape index (κ1) is 14.9. The Kier molecular flexibility index (Phi) is 4.73. The topological polar surface area (TPSA) is 58.6 Å². The van der Waals surface area contributed by atoms with Crippen LogP contribution in [0.2, 0.25) is 10.0 Å². The van der Waals surface area contributed by atoms with Gasteiger partial charge in [0.1, 0.15) is 5.75 Å². The molecule has 0 aromatic heterocycles. The van der Waals surface area contributed by atoms with Gasteiger partial charge >= 0.3 is 0 Å². The van der Waals surface area contributed by atoms with Crippen molar-refractivity contribution in [2.45, 2.75) is 13.0 Å². The normalized spacial score (nSPS) is 16.6. The first-order valence-electron chi connectivity index (χ1n) is 6.14. The number of hydrogen-bond acceptors (Lipinski definition) is 3. The molecule has 1 fully saturated rings. The molecule has 1 unspecified atom stereocenters. The summed E-state index contributed by atoms with van der Waals surface area (Å²) in [6.07, 6.45) is -0.696. The largest absolute Gasteiger partial charge is 0.481 e. The summed E-state index contributed by atoms with van der Waals surface area (Å²) in [4.78, 5) is 24.9. The van der Waals surface area contributed by atoms with Crippen molar-refractivity contribution in [2.24, 2.45) is 0 Å². The number of benzene rings is 1. The summed E-state index contributed by atoms with van der Waals surface area (Å²) in [6, 6.07) is 4.79. The van der Waals surface area contributed by atoms with Gasteiger partial charge in [-0.1, -0.05) is 23.2 Å². The van der Waals surface area contributed by atoms with Crippen molar-refractivity contribution >= 4 is 35.0 Å². The van der Waals surface area contributed by atoms with E-state index in [-0.39, 0.29) is 18.4 Å². The van der Waals surface area contributed by atoms with Crippen LogP contribution in [0.25, 0.3) is 0 Å². The zero-order valence-corrected chi connectivity index (χ0v) is 12.4. The van der Waals surface area contributed by atoms with Gasteiger partial charge in [0, 0.05) is 19.2 Å². The van der Waals surface area contributed by atoms with Crippen molar-refractivity contribution in [1.29, 1.82) is 0 Å². The summed E-state index contributed by atoms with van der Waals surface area (Å²) in [5.74, 6) is 0.0685. The van der Waals surface area contributed by atoms with Gasteiger partial charge in [0.15, 0.2) is 6.10 Å². The van der Waals surface area contributed by atoms with Crippen LogP contribution in [0.15, 0.2) is 18.2 Å². The lowest BCUT2D eigenvalue weighted by Gasteiger charge is -2.29. The molecule has 20 heavy (non-hydrogen) atoms. The van der Waals surface area contributed by atoms with E-state index in [1.165, 1.54) is 4.90 Å². The maximum absolute atomic E-state index is 12.2. The van der Waals surface area contributed by atoms with E-state index in [4.69, 9.17) is 27.9 Å². The Bertz CT molecular complexity index is 536. The molecule has 0 radical (unpaired) electrons. The molecule has 1 heterocycles. The van der Waals surface area contributed by atoms with Gasteiger partial charge in [0.25, 0.3) is 5.91 Å². The van der Waals surface area contributed by atoms with E-state index in [9.17, 15) is 9.59 Å². The number of halogens is 2. The molecule has 7 heteroatoms. The molecule has 0 saturated carbocycles. The van der Waals surface area contributed by atoms with Crippen LogP contribution in [-0.4, -0.2) is 42.5 Å². The number of carbonyl (C=O) groups is 2. The van der Waals surface area contributed by atoms with Crippen molar-refractivity contribution in [2.75, 3.05) is 19.6 Å². The van der Waals surface area contributed by atoms with E-state index in [0.717, 1.165) is 0 Å². The van der Waals surface area contributed by atoms with E-state index < -0.39 is 6.10 Å². The van der Waals surface area contributed by atoms with Crippen molar-refractivity contribution in [3.63, 3.8) is 0 Å². The Hall–Kier alpha value is -1.46. The first-order chi connectivity index (χ1) is 9.47. The van der Waals surface area contributed by atoms with Crippen LogP contribution in [0.5, 0.6) is 5.75 Å². The average Bonchev–Trinajstić information content (AvgIpc) is 2.42. The van der Waals surface area contributed by atoms with Gasteiger partial charge in [-0.25, -0.2) is 0 Å². The van der Waals surface area contributed by atoms with Gasteiger partial charge < -0.3 is 15.0 Å². The third-order valence-electron chi connectivity index (χ3n) is 2.90. The van der Waals surface area contributed by atoms with Crippen LogP contribution in [0.1, 0.15) is 6.92 Å². The number of piperazine rings is 1. The van der Waals surface area contributed by atoms with Crippen LogP contribution >= 0.6 is 23.2 Å². The second kappa shape index (κ2) is 6.33. The molecule has 0 bridgehead atoms.